The maximum Gasteiger partial charge on any atom is 0.126 e. The highest BCUT2D eigenvalue weighted by Gasteiger charge is 2.42. The molecule has 0 fully saturated rings. The number of fused-ring (bicyclic) bond motifs is 3. The molecule has 0 saturated heterocycles. The highest BCUT2D eigenvalue weighted by Crippen LogP contribution is 2.55. The van der Waals surface area contributed by atoms with E-state index in [9.17, 15) is 0 Å². The van der Waals surface area contributed by atoms with Crippen molar-refractivity contribution in [2.24, 2.45) is 0 Å². The van der Waals surface area contributed by atoms with Gasteiger partial charge >= 0.3 is 0 Å². The van der Waals surface area contributed by atoms with Crippen LogP contribution in [0.2, 0.25) is 0 Å². The number of hydrogen-bond acceptors (Lipinski definition) is 2. The van der Waals surface area contributed by atoms with E-state index in [0.29, 0.717) is 0 Å². The van der Waals surface area contributed by atoms with Crippen LogP contribution in [-0.4, -0.2) is 13.7 Å². The van der Waals surface area contributed by atoms with Gasteiger partial charge in [-0.2, -0.15) is 0 Å². The van der Waals surface area contributed by atoms with Crippen molar-refractivity contribution in [3.05, 3.63) is 88.0 Å². The fourth-order valence-electron chi connectivity index (χ4n) is 8.40. The van der Waals surface area contributed by atoms with Gasteiger partial charge in [0.05, 0.1) is 13.7 Å². The van der Waals surface area contributed by atoms with Crippen molar-refractivity contribution < 1.29 is 9.47 Å². The number of hydrogen-bond donors (Lipinski definition) is 0. The minimum atomic E-state index is 0.0563. The van der Waals surface area contributed by atoms with Crippen molar-refractivity contribution in [1.82, 2.24) is 0 Å². The number of methoxy groups -OCH3 is 1. The number of ether oxygens (including phenoxy) is 2. The number of allylic oxidation sites excluding steroid dienone is 1. The lowest BCUT2D eigenvalue weighted by Gasteiger charge is -2.33. The zero-order chi connectivity index (χ0) is 37.0. The van der Waals surface area contributed by atoms with E-state index in [4.69, 9.17) is 9.47 Å². The molecule has 0 bridgehead atoms. The van der Waals surface area contributed by atoms with Crippen LogP contribution in [0.15, 0.2) is 54.6 Å². The summed E-state index contributed by atoms with van der Waals surface area (Å²) in [5, 5.41) is 0. The molecule has 2 heteroatoms. The molecule has 52 heavy (non-hydrogen) atoms. The SMILES string of the molecule is C/C=C/c1ccc2c(c1)C(CCCCCCCC)(CCCCCCCC)c1cc(/C=C/c3cc(OCCCCCCCC)c(C)cc3OC)ccc1-2. The summed E-state index contributed by atoms with van der Waals surface area (Å²) in [5.74, 6) is 1.86. The topological polar surface area (TPSA) is 18.5 Å². The Morgan fingerprint density at radius 2 is 1.04 bits per heavy atom. The molecule has 3 aromatic carbocycles. The Hall–Kier alpha value is -3.26. The van der Waals surface area contributed by atoms with Gasteiger partial charge < -0.3 is 9.47 Å². The van der Waals surface area contributed by atoms with Crippen LogP contribution in [0.4, 0.5) is 0 Å². The van der Waals surface area contributed by atoms with Gasteiger partial charge in [0.25, 0.3) is 0 Å². The smallest absolute Gasteiger partial charge is 0.126 e. The molecule has 0 aromatic heterocycles. The predicted molar refractivity (Wildman–Crippen MR) is 229 cm³/mol. The first-order valence-electron chi connectivity index (χ1n) is 21.4. The van der Waals surface area contributed by atoms with E-state index in [0.717, 1.165) is 35.7 Å². The Balaban J connectivity index is 1.64. The summed E-state index contributed by atoms with van der Waals surface area (Å²) in [6.45, 7) is 11.9. The molecule has 3 aromatic rings. The van der Waals surface area contributed by atoms with E-state index < -0.39 is 0 Å². The third kappa shape index (κ3) is 11.6. The number of benzene rings is 3. The molecule has 0 unspecified atom stereocenters. The molecule has 2 nitrogen and oxygen atoms in total. The molecule has 0 aliphatic heterocycles. The monoisotopic (exact) mass is 705 g/mol. The van der Waals surface area contributed by atoms with Gasteiger partial charge in [0.2, 0.25) is 0 Å². The summed E-state index contributed by atoms with van der Waals surface area (Å²) in [6, 6.07) is 18.8. The highest BCUT2D eigenvalue weighted by atomic mass is 16.5. The van der Waals surface area contributed by atoms with E-state index >= 15 is 0 Å². The molecule has 1 aliphatic rings. The van der Waals surface area contributed by atoms with Gasteiger partial charge in [-0.3, -0.25) is 0 Å². The first kappa shape index (κ1) is 41.5. The fraction of sp³-hybridized carbons (Fsp3) is 0.560. The van der Waals surface area contributed by atoms with Gasteiger partial charge in [-0.25, -0.2) is 0 Å². The maximum absolute atomic E-state index is 6.33. The van der Waals surface area contributed by atoms with Crippen LogP contribution in [0, 0.1) is 6.92 Å². The summed E-state index contributed by atoms with van der Waals surface area (Å²) in [5.41, 5.74) is 10.8. The van der Waals surface area contributed by atoms with Gasteiger partial charge in [0, 0.05) is 11.0 Å². The molecule has 4 rings (SSSR count). The number of rotatable bonds is 26. The van der Waals surface area contributed by atoms with Gasteiger partial charge in [-0.1, -0.05) is 191 Å². The first-order chi connectivity index (χ1) is 25.5. The van der Waals surface area contributed by atoms with Gasteiger partial charge in [-0.05, 0) is 84.2 Å². The van der Waals surface area contributed by atoms with Crippen LogP contribution in [-0.2, 0) is 5.41 Å². The van der Waals surface area contributed by atoms with Crippen LogP contribution >= 0.6 is 0 Å². The lowest BCUT2D eigenvalue weighted by molar-refractivity contribution is 0.301. The van der Waals surface area contributed by atoms with Crippen molar-refractivity contribution in [1.29, 1.82) is 0 Å². The molecule has 0 heterocycles. The zero-order valence-electron chi connectivity index (χ0n) is 34.1. The lowest BCUT2D eigenvalue weighted by Crippen LogP contribution is -2.25. The molecule has 0 spiro atoms. The predicted octanol–water partition coefficient (Wildman–Crippen LogP) is 15.7. The number of unbranched alkanes of at least 4 members (excludes halogenated alkanes) is 15. The van der Waals surface area contributed by atoms with Crippen LogP contribution in [0.5, 0.6) is 11.5 Å². The Kier molecular flexibility index (Phi) is 18.1. The molecule has 1 aliphatic carbocycles. The first-order valence-corrected chi connectivity index (χ1v) is 21.4. The molecule has 284 valence electrons. The lowest BCUT2D eigenvalue weighted by atomic mass is 9.70. The molecular formula is C50H72O2. The van der Waals surface area contributed by atoms with Crippen molar-refractivity contribution in [3.8, 4) is 22.6 Å². The molecule has 0 radical (unpaired) electrons. The molecule has 0 amide bonds. The van der Waals surface area contributed by atoms with Crippen LogP contribution in [0.3, 0.4) is 0 Å². The second-order valence-electron chi connectivity index (χ2n) is 15.5. The number of aryl methyl sites for hydroxylation is 1. The summed E-state index contributed by atoms with van der Waals surface area (Å²) in [6.07, 6.45) is 35.0. The maximum atomic E-state index is 6.33. The van der Waals surface area contributed by atoms with Gasteiger partial charge in [0.1, 0.15) is 11.5 Å². The van der Waals surface area contributed by atoms with Gasteiger partial charge in [-0.15, -0.1) is 0 Å². The summed E-state index contributed by atoms with van der Waals surface area (Å²) >= 11 is 0. The fourth-order valence-corrected chi connectivity index (χ4v) is 8.40. The largest absolute Gasteiger partial charge is 0.496 e. The van der Waals surface area contributed by atoms with E-state index in [-0.39, 0.29) is 5.41 Å². The van der Waals surface area contributed by atoms with E-state index in [1.54, 1.807) is 18.2 Å². The van der Waals surface area contributed by atoms with Crippen molar-refractivity contribution in [2.45, 2.75) is 168 Å². The normalized spacial score (nSPS) is 13.3. The summed E-state index contributed by atoms with van der Waals surface area (Å²) in [4.78, 5) is 0. The standard InChI is InChI=1S/C50H72O2/c1-7-11-14-17-20-23-33-50(34-24-21-18-15-12-8-2)46-37-41(26-10-4)28-31-44(46)45-32-29-42(38-47(45)50)27-30-43-39-48(40(5)36-49(43)51-6)52-35-25-22-19-16-13-9-3/h10,26-32,36-39H,7-9,11-25,33-35H2,1-6H3/b26-10+,30-27+. The minimum absolute atomic E-state index is 0.0563. The molecule has 0 atom stereocenters. The van der Waals surface area contributed by atoms with Crippen LogP contribution in [0.1, 0.15) is 189 Å². The second-order valence-corrected chi connectivity index (χ2v) is 15.5. The Morgan fingerprint density at radius 1 is 0.538 bits per heavy atom. The Labute approximate surface area is 319 Å². The Morgan fingerprint density at radius 3 is 1.56 bits per heavy atom. The highest BCUT2D eigenvalue weighted by molar-refractivity contribution is 5.84. The molecule has 0 saturated carbocycles. The molecule has 0 N–H and O–H groups in total. The van der Waals surface area contributed by atoms with Crippen LogP contribution < -0.4 is 9.47 Å². The van der Waals surface area contributed by atoms with Crippen molar-refractivity contribution in [3.63, 3.8) is 0 Å². The average molecular weight is 705 g/mol. The average Bonchev–Trinajstić information content (AvgIpc) is 3.42. The van der Waals surface area contributed by atoms with Crippen molar-refractivity contribution in [2.75, 3.05) is 13.7 Å². The van der Waals surface area contributed by atoms with E-state index in [1.807, 2.05) is 0 Å². The second kappa shape index (κ2) is 22.7. The van der Waals surface area contributed by atoms with E-state index in [1.165, 1.54) is 144 Å². The summed E-state index contributed by atoms with van der Waals surface area (Å²) < 4.78 is 12.2. The molecular weight excluding hydrogens is 633 g/mol. The van der Waals surface area contributed by atoms with Crippen LogP contribution in [0.25, 0.3) is 29.4 Å². The summed E-state index contributed by atoms with van der Waals surface area (Å²) in [7, 11) is 1.77. The minimum Gasteiger partial charge on any atom is -0.496 e. The third-order valence-electron chi connectivity index (χ3n) is 11.4. The quantitative estimate of drug-likeness (QED) is 0.0612. The van der Waals surface area contributed by atoms with Crippen molar-refractivity contribution >= 4 is 18.2 Å². The van der Waals surface area contributed by atoms with E-state index in [2.05, 4.69) is 107 Å². The third-order valence-corrected chi connectivity index (χ3v) is 11.4. The zero-order valence-corrected chi connectivity index (χ0v) is 34.1. The van der Waals surface area contributed by atoms with Gasteiger partial charge in [0.15, 0.2) is 0 Å². The Bertz CT molecular complexity index is 1530.